The zero-order valence-corrected chi connectivity index (χ0v) is 17.8. The minimum atomic E-state index is -0.939. The number of hydrogen-bond acceptors (Lipinski definition) is 4. The van der Waals surface area contributed by atoms with Gasteiger partial charge in [0.05, 0.1) is 6.10 Å². The number of likely N-dealkylation sites (tertiary alicyclic amines) is 1. The summed E-state index contributed by atoms with van der Waals surface area (Å²) in [5.74, 6) is -1.02. The number of benzene rings is 2. The van der Waals surface area contributed by atoms with Gasteiger partial charge in [-0.15, -0.1) is 0 Å². The van der Waals surface area contributed by atoms with E-state index >= 15 is 0 Å². The third kappa shape index (κ3) is 6.29. The number of anilines is 1. The van der Waals surface area contributed by atoms with Crippen molar-refractivity contribution in [1.82, 2.24) is 4.90 Å². The summed E-state index contributed by atoms with van der Waals surface area (Å²) in [6.45, 7) is 4.68. The predicted octanol–water partition coefficient (Wildman–Crippen LogP) is 3.86. The Labute approximate surface area is 182 Å². The number of amides is 1. The number of halogens is 1. The summed E-state index contributed by atoms with van der Waals surface area (Å²) in [6, 6.07) is 14.9. The van der Waals surface area contributed by atoms with E-state index in [2.05, 4.69) is 4.90 Å². The van der Waals surface area contributed by atoms with E-state index in [0.717, 1.165) is 43.7 Å². The van der Waals surface area contributed by atoms with E-state index in [1.165, 1.54) is 0 Å². The lowest BCUT2D eigenvalue weighted by Crippen LogP contribution is -2.43. The number of carbonyl (C=O) groups excluding carboxylic acids is 1. The lowest BCUT2D eigenvalue weighted by atomic mass is 10.1. The molecule has 6 nitrogen and oxygen atoms in total. The maximum absolute atomic E-state index is 13.2. The maximum Gasteiger partial charge on any atom is 0.329 e. The zero-order valence-electron chi connectivity index (χ0n) is 17.1. The zero-order chi connectivity index (χ0) is 21.5. The molecule has 160 valence electrons. The summed E-state index contributed by atoms with van der Waals surface area (Å²) in [5.41, 5.74) is 2.55. The molecule has 0 radical (unpaired) electrons. The lowest BCUT2D eigenvalue weighted by molar-refractivity contribution is -0.145. The van der Waals surface area contributed by atoms with Gasteiger partial charge in [0.25, 0.3) is 5.91 Å². The Kier molecular flexibility index (Phi) is 7.85. The quantitative estimate of drug-likeness (QED) is 0.688. The lowest BCUT2D eigenvalue weighted by Gasteiger charge is -2.33. The summed E-state index contributed by atoms with van der Waals surface area (Å²) in [5, 5.41) is 9.28. The van der Waals surface area contributed by atoms with Crippen molar-refractivity contribution < 1.29 is 19.4 Å². The Morgan fingerprint density at radius 2 is 1.87 bits per heavy atom. The first-order valence-electron chi connectivity index (χ1n) is 10.1. The van der Waals surface area contributed by atoms with E-state index in [1.807, 2.05) is 31.2 Å². The van der Waals surface area contributed by atoms with Crippen LogP contribution in [-0.2, 0) is 9.53 Å². The molecule has 0 bridgehead atoms. The molecule has 0 saturated carbocycles. The van der Waals surface area contributed by atoms with Gasteiger partial charge < -0.3 is 19.6 Å². The molecule has 1 heterocycles. The fraction of sp³-hybridized carbons (Fsp3) is 0.391. The van der Waals surface area contributed by atoms with E-state index < -0.39 is 5.97 Å². The molecule has 7 heteroatoms. The van der Waals surface area contributed by atoms with Gasteiger partial charge >= 0.3 is 5.97 Å². The number of aryl methyl sites for hydroxylation is 1. The van der Waals surface area contributed by atoms with Crippen molar-refractivity contribution in [2.75, 3.05) is 37.7 Å². The van der Waals surface area contributed by atoms with Crippen LogP contribution in [0.15, 0.2) is 48.5 Å². The van der Waals surface area contributed by atoms with Crippen LogP contribution in [0.1, 0.15) is 28.8 Å². The fourth-order valence-electron chi connectivity index (χ4n) is 3.58. The van der Waals surface area contributed by atoms with Crippen LogP contribution in [0.5, 0.6) is 0 Å². The third-order valence-corrected chi connectivity index (χ3v) is 5.51. The Balaban J connectivity index is 1.64. The van der Waals surface area contributed by atoms with Crippen molar-refractivity contribution in [2.24, 2.45) is 0 Å². The van der Waals surface area contributed by atoms with E-state index in [4.69, 9.17) is 21.4 Å². The van der Waals surface area contributed by atoms with Gasteiger partial charge in [-0.1, -0.05) is 35.4 Å². The average Bonchev–Trinajstić information content (AvgIpc) is 2.74. The Morgan fingerprint density at radius 3 is 2.50 bits per heavy atom. The van der Waals surface area contributed by atoms with Crippen molar-refractivity contribution in [3.05, 3.63) is 64.7 Å². The molecule has 1 aliphatic rings. The summed E-state index contributed by atoms with van der Waals surface area (Å²) < 4.78 is 5.40. The van der Waals surface area contributed by atoms with Crippen LogP contribution in [-0.4, -0.2) is 60.8 Å². The standard InChI is InChI=1S/C23H27ClN2O4/c1-17-5-7-20(8-6-17)26(23(29)18-3-2-4-19(24)15-18)14-13-25-11-9-21(10-12-25)30-16-22(27)28/h2-8,15,21H,9-14,16H2,1H3,(H,27,28). The minimum absolute atomic E-state index is 0.0151. The molecular weight excluding hydrogens is 404 g/mol. The van der Waals surface area contributed by atoms with E-state index in [-0.39, 0.29) is 18.6 Å². The molecule has 2 aromatic carbocycles. The molecule has 0 aliphatic carbocycles. The molecule has 1 amide bonds. The second kappa shape index (κ2) is 10.6. The molecule has 1 N–H and O–H groups in total. The van der Waals surface area contributed by atoms with Crippen molar-refractivity contribution in [1.29, 1.82) is 0 Å². The number of carboxylic acid groups (broad SMARTS) is 1. The monoisotopic (exact) mass is 430 g/mol. The molecule has 1 aliphatic heterocycles. The smallest absolute Gasteiger partial charge is 0.329 e. The highest BCUT2D eigenvalue weighted by Crippen LogP contribution is 2.21. The molecule has 30 heavy (non-hydrogen) atoms. The number of hydrogen-bond donors (Lipinski definition) is 1. The number of piperidine rings is 1. The van der Waals surface area contributed by atoms with E-state index in [0.29, 0.717) is 17.1 Å². The third-order valence-electron chi connectivity index (χ3n) is 5.28. The molecular formula is C23H27ClN2O4. The van der Waals surface area contributed by atoms with Crippen molar-refractivity contribution in [3.63, 3.8) is 0 Å². The SMILES string of the molecule is Cc1ccc(N(CCN2CCC(OCC(=O)O)CC2)C(=O)c2cccc(Cl)c2)cc1. The van der Waals surface area contributed by atoms with Crippen LogP contribution >= 0.6 is 11.6 Å². The van der Waals surface area contributed by atoms with Gasteiger partial charge in [0.1, 0.15) is 6.61 Å². The largest absolute Gasteiger partial charge is 0.480 e. The second-order valence-corrected chi connectivity index (χ2v) is 7.98. The van der Waals surface area contributed by atoms with Crippen molar-refractivity contribution in [2.45, 2.75) is 25.9 Å². The topological polar surface area (TPSA) is 70.1 Å². The van der Waals surface area contributed by atoms with Crippen LogP contribution in [0.3, 0.4) is 0 Å². The van der Waals surface area contributed by atoms with Crippen molar-refractivity contribution >= 4 is 29.2 Å². The molecule has 0 aromatic heterocycles. The molecule has 0 unspecified atom stereocenters. The van der Waals surface area contributed by atoms with Crippen LogP contribution in [0.4, 0.5) is 5.69 Å². The van der Waals surface area contributed by atoms with Gasteiger partial charge in [-0.3, -0.25) is 4.79 Å². The number of carbonyl (C=O) groups is 2. The van der Waals surface area contributed by atoms with Crippen LogP contribution in [0.2, 0.25) is 5.02 Å². The van der Waals surface area contributed by atoms with Gasteiger partial charge in [-0.25, -0.2) is 4.79 Å². The van der Waals surface area contributed by atoms with E-state index in [9.17, 15) is 9.59 Å². The Bertz CT molecular complexity index is 864. The molecule has 1 saturated heterocycles. The first kappa shape index (κ1) is 22.3. The minimum Gasteiger partial charge on any atom is -0.480 e. The summed E-state index contributed by atoms with van der Waals surface area (Å²) in [6.07, 6.45) is 1.57. The summed E-state index contributed by atoms with van der Waals surface area (Å²) >= 11 is 6.09. The van der Waals surface area contributed by atoms with Crippen molar-refractivity contribution in [3.8, 4) is 0 Å². The number of carboxylic acids is 1. The first-order chi connectivity index (χ1) is 14.4. The average molecular weight is 431 g/mol. The highest BCUT2D eigenvalue weighted by atomic mass is 35.5. The normalized spacial score (nSPS) is 15.1. The maximum atomic E-state index is 13.2. The Hall–Kier alpha value is -2.41. The molecule has 2 aromatic rings. The molecule has 0 spiro atoms. The predicted molar refractivity (Wildman–Crippen MR) is 117 cm³/mol. The van der Waals surface area contributed by atoms with Gasteiger partial charge in [0.2, 0.25) is 0 Å². The van der Waals surface area contributed by atoms with Crippen LogP contribution in [0.25, 0.3) is 0 Å². The second-order valence-electron chi connectivity index (χ2n) is 7.55. The van der Waals surface area contributed by atoms with Gasteiger partial charge in [-0.05, 0) is 50.1 Å². The van der Waals surface area contributed by atoms with Gasteiger partial charge in [0.15, 0.2) is 0 Å². The summed E-state index contributed by atoms with van der Waals surface area (Å²) in [7, 11) is 0. The number of ether oxygens (including phenoxy) is 1. The summed E-state index contributed by atoms with van der Waals surface area (Å²) in [4.78, 5) is 28.0. The highest BCUT2D eigenvalue weighted by molar-refractivity contribution is 6.31. The number of aliphatic carboxylic acids is 1. The molecule has 3 rings (SSSR count). The van der Waals surface area contributed by atoms with Gasteiger partial charge in [0, 0.05) is 42.5 Å². The number of rotatable bonds is 8. The molecule has 1 fully saturated rings. The van der Waals surface area contributed by atoms with Crippen LogP contribution < -0.4 is 4.90 Å². The van der Waals surface area contributed by atoms with Crippen LogP contribution in [0, 0.1) is 6.92 Å². The van der Waals surface area contributed by atoms with Gasteiger partial charge in [-0.2, -0.15) is 0 Å². The first-order valence-corrected chi connectivity index (χ1v) is 10.5. The highest BCUT2D eigenvalue weighted by Gasteiger charge is 2.23. The fourth-order valence-corrected chi connectivity index (χ4v) is 3.77. The Morgan fingerprint density at radius 1 is 1.17 bits per heavy atom. The molecule has 0 atom stereocenters. The number of nitrogens with zero attached hydrogens (tertiary/aromatic N) is 2. The van der Waals surface area contributed by atoms with E-state index in [1.54, 1.807) is 29.2 Å².